The zero-order valence-corrected chi connectivity index (χ0v) is 12.7. The average Bonchev–Trinajstić information content (AvgIpc) is 2.35. The van der Waals surface area contributed by atoms with Gasteiger partial charge in [-0.2, -0.15) is 0 Å². The Morgan fingerprint density at radius 3 is 2.55 bits per heavy atom. The van der Waals surface area contributed by atoms with E-state index in [1.807, 2.05) is 13.0 Å². The van der Waals surface area contributed by atoms with E-state index in [1.54, 1.807) is 13.0 Å². The van der Waals surface area contributed by atoms with E-state index in [0.717, 1.165) is 10.0 Å². The van der Waals surface area contributed by atoms with Crippen LogP contribution in [0.5, 0.6) is 0 Å². The lowest BCUT2D eigenvalue weighted by molar-refractivity contribution is 0.102. The molecule has 2 aromatic rings. The molecule has 104 valence electrons. The van der Waals surface area contributed by atoms with Crippen LogP contribution in [-0.4, -0.2) is 5.91 Å². The Morgan fingerprint density at radius 1 is 1.20 bits per heavy atom. The van der Waals surface area contributed by atoms with Crippen molar-refractivity contribution in [3.63, 3.8) is 0 Å². The number of aryl methyl sites for hydroxylation is 2. The van der Waals surface area contributed by atoms with Crippen LogP contribution in [0.4, 0.5) is 15.8 Å². The molecule has 0 unspecified atom stereocenters. The van der Waals surface area contributed by atoms with Gasteiger partial charge < -0.3 is 11.1 Å². The minimum Gasteiger partial charge on any atom is -0.398 e. The van der Waals surface area contributed by atoms with E-state index in [4.69, 9.17) is 5.73 Å². The van der Waals surface area contributed by atoms with Crippen LogP contribution in [0, 0.1) is 19.7 Å². The predicted molar refractivity (Wildman–Crippen MR) is 82.4 cm³/mol. The number of rotatable bonds is 2. The highest BCUT2D eigenvalue weighted by molar-refractivity contribution is 9.10. The first-order chi connectivity index (χ1) is 9.38. The number of carbonyl (C=O) groups is 1. The predicted octanol–water partition coefficient (Wildman–Crippen LogP) is 4.04. The zero-order chi connectivity index (χ0) is 14.9. The van der Waals surface area contributed by atoms with Gasteiger partial charge in [-0.25, -0.2) is 4.39 Å². The maximum absolute atomic E-state index is 13.0. The number of halogens is 2. The number of amides is 1. The Balaban J connectivity index is 2.30. The quantitative estimate of drug-likeness (QED) is 0.813. The Morgan fingerprint density at radius 2 is 1.90 bits per heavy atom. The van der Waals surface area contributed by atoms with Crippen LogP contribution >= 0.6 is 15.9 Å². The fourth-order valence-electron chi connectivity index (χ4n) is 1.86. The molecule has 2 rings (SSSR count). The van der Waals surface area contributed by atoms with Crippen molar-refractivity contribution in [1.29, 1.82) is 0 Å². The molecular weight excluding hydrogens is 323 g/mol. The molecule has 2 aromatic carbocycles. The fourth-order valence-corrected chi connectivity index (χ4v) is 2.41. The first-order valence-electron chi connectivity index (χ1n) is 6.01. The van der Waals surface area contributed by atoms with Crippen LogP contribution < -0.4 is 11.1 Å². The molecule has 0 aliphatic rings. The maximum atomic E-state index is 13.0. The average molecular weight is 337 g/mol. The van der Waals surface area contributed by atoms with Crippen molar-refractivity contribution in [2.45, 2.75) is 13.8 Å². The van der Waals surface area contributed by atoms with Gasteiger partial charge in [-0.15, -0.1) is 0 Å². The molecule has 0 bridgehead atoms. The van der Waals surface area contributed by atoms with Gasteiger partial charge in [0.1, 0.15) is 5.82 Å². The van der Waals surface area contributed by atoms with Crippen molar-refractivity contribution in [2.75, 3.05) is 11.1 Å². The molecule has 0 heterocycles. The van der Waals surface area contributed by atoms with E-state index >= 15 is 0 Å². The standard InChI is InChI=1S/C15H14BrFN2O/c1-8-5-10(17)3-4-11(8)15(20)19-14-7-13(18)9(2)6-12(14)16/h3-7H,18H2,1-2H3,(H,19,20). The SMILES string of the molecule is Cc1cc(Br)c(NC(=O)c2ccc(F)cc2C)cc1N. The van der Waals surface area contributed by atoms with Crippen LogP contribution in [0.3, 0.4) is 0 Å². The number of nitrogens with two attached hydrogens (primary N) is 1. The van der Waals surface area contributed by atoms with Gasteiger partial charge in [0.05, 0.1) is 5.69 Å². The highest BCUT2D eigenvalue weighted by atomic mass is 79.9. The van der Waals surface area contributed by atoms with Crippen LogP contribution in [0.15, 0.2) is 34.8 Å². The number of carbonyl (C=O) groups excluding carboxylic acids is 1. The minimum atomic E-state index is -0.361. The van der Waals surface area contributed by atoms with Crippen LogP contribution in [0.2, 0.25) is 0 Å². The molecule has 0 aromatic heterocycles. The maximum Gasteiger partial charge on any atom is 0.255 e. The molecule has 0 saturated carbocycles. The van der Waals surface area contributed by atoms with Crippen molar-refractivity contribution in [2.24, 2.45) is 0 Å². The highest BCUT2D eigenvalue weighted by Crippen LogP contribution is 2.28. The summed E-state index contributed by atoms with van der Waals surface area (Å²) in [6.07, 6.45) is 0. The van der Waals surface area contributed by atoms with Gasteiger partial charge in [0, 0.05) is 15.7 Å². The minimum absolute atomic E-state index is 0.300. The smallest absolute Gasteiger partial charge is 0.255 e. The molecule has 3 N–H and O–H groups in total. The largest absolute Gasteiger partial charge is 0.398 e. The molecule has 20 heavy (non-hydrogen) atoms. The van der Waals surface area contributed by atoms with Gasteiger partial charge in [0.25, 0.3) is 5.91 Å². The molecule has 0 atom stereocenters. The Bertz CT molecular complexity index is 686. The lowest BCUT2D eigenvalue weighted by Gasteiger charge is -2.11. The summed E-state index contributed by atoms with van der Waals surface area (Å²) in [5, 5.41) is 2.77. The number of benzene rings is 2. The van der Waals surface area contributed by atoms with Gasteiger partial charge in [-0.1, -0.05) is 0 Å². The first-order valence-corrected chi connectivity index (χ1v) is 6.81. The molecule has 0 aliphatic carbocycles. The Hall–Kier alpha value is -1.88. The van der Waals surface area contributed by atoms with Gasteiger partial charge in [-0.3, -0.25) is 4.79 Å². The summed E-state index contributed by atoms with van der Waals surface area (Å²) < 4.78 is 13.8. The van der Waals surface area contributed by atoms with E-state index in [2.05, 4.69) is 21.2 Å². The van der Waals surface area contributed by atoms with E-state index in [1.165, 1.54) is 18.2 Å². The number of hydrogen-bond donors (Lipinski definition) is 2. The number of hydrogen-bond acceptors (Lipinski definition) is 2. The van der Waals surface area contributed by atoms with Gasteiger partial charge in [0.15, 0.2) is 0 Å². The second-order valence-corrected chi connectivity index (χ2v) is 5.46. The van der Waals surface area contributed by atoms with Gasteiger partial charge in [-0.05, 0) is 71.2 Å². The van der Waals surface area contributed by atoms with E-state index < -0.39 is 0 Å². The molecule has 0 spiro atoms. The van der Waals surface area contributed by atoms with Crippen molar-refractivity contribution < 1.29 is 9.18 Å². The monoisotopic (exact) mass is 336 g/mol. The molecular formula is C15H14BrFN2O. The molecule has 5 heteroatoms. The lowest BCUT2D eigenvalue weighted by atomic mass is 10.1. The van der Waals surface area contributed by atoms with E-state index in [-0.39, 0.29) is 11.7 Å². The Labute approximate surface area is 125 Å². The number of nitrogens with one attached hydrogen (secondary N) is 1. The van der Waals surface area contributed by atoms with Crippen molar-refractivity contribution in [3.8, 4) is 0 Å². The summed E-state index contributed by atoms with van der Waals surface area (Å²) in [6.45, 7) is 3.58. The van der Waals surface area contributed by atoms with Gasteiger partial charge >= 0.3 is 0 Å². The van der Waals surface area contributed by atoms with Crippen molar-refractivity contribution in [3.05, 3.63) is 57.3 Å². The molecule has 0 saturated heterocycles. The van der Waals surface area contributed by atoms with E-state index in [9.17, 15) is 9.18 Å². The van der Waals surface area contributed by atoms with Crippen LogP contribution in [0.25, 0.3) is 0 Å². The fraction of sp³-hybridized carbons (Fsp3) is 0.133. The van der Waals surface area contributed by atoms with Gasteiger partial charge in [0.2, 0.25) is 0 Å². The molecule has 3 nitrogen and oxygen atoms in total. The summed E-state index contributed by atoms with van der Waals surface area (Å²) in [7, 11) is 0. The molecule has 0 radical (unpaired) electrons. The zero-order valence-electron chi connectivity index (χ0n) is 11.1. The van der Waals surface area contributed by atoms with Crippen LogP contribution in [0.1, 0.15) is 21.5 Å². The summed E-state index contributed by atoms with van der Waals surface area (Å²) in [6, 6.07) is 7.58. The first kappa shape index (κ1) is 14.5. The third-order valence-electron chi connectivity index (χ3n) is 3.04. The summed E-state index contributed by atoms with van der Waals surface area (Å²) in [5.41, 5.74) is 8.95. The summed E-state index contributed by atoms with van der Waals surface area (Å²) in [5.74, 6) is -0.661. The number of nitrogen functional groups attached to an aromatic ring is 1. The topological polar surface area (TPSA) is 55.1 Å². The highest BCUT2D eigenvalue weighted by Gasteiger charge is 2.12. The number of anilines is 2. The lowest BCUT2D eigenvalue weighted by Crippen LogP contribution is -2.14. The van der Waals surface area contributed by atoms with Crippen molar-refractivity contribution >= 4 is 33.2 Å². The van der Waals surface area contributed by atoms with E-state index in [0.29, 0.717) is 22.5 Å². The summed E-state index contributed by atoms with van der Waals surface area (Å²) in [4.78, 5) is 12.2. The van der Waals surface area contributed by atoms with Crippen molar-refractivity contribution in [1.82, 2.24) is 0 Å². The normalized spacial score (nSPS) is 10.4. The molecule has 0 fully saturated rings. The third kappa shape index (κ3) is 2.99. The molecule has 0 aliphatic heterocycles. The second-order valence-electron chi connectivity index (χ2n) is 4.60. The molecule has 1 amide bonds. The second kappa shape index (κ2) is 5.63. The third-order valence-corrected chi connectivity index (χ3v) is 3.69. The Kier molecular flexibility index (Phi) is 4.09. The summed E-state index contributed by atoms with van der Waals surface area (Å²) >= 11 is 3.38. The van der Waals surface area contributed by atoms with Crippen LogP contribution in [-0.2, 0) is 0 Å².